The van der Waals surface area contributed by atoms with E-state index in [1.807, 2.05) is 0 Å². The van der Waals surface area contributed by atoms with Crippen LogP contribution in [0, 0.1) is 0 Å². The van der Waals surface area contributed by atoms with E-state index >= 15 is 0 Å². The summed E-state index contributed by atoms with van der Waals surface area (Å²) in [7, 11) is 0. The number of aromatic nitrogens is 2. The van der Waals surface area contributed by atoms with Crippen molar-refractivity contribution in [3.63, 3.8) is 0 Å². The van der Waals surface area contributed by atoms with Crippen LogP contribution in [0.4, 0.5) is 8.78 Å². The molecule has 0 bridgehead atoms. The van der Waals surface area contributed by atoms with E-state index in [4.69, 9.17) is 5.11 Å². The highest BCUT2D eigenvalue weighted by molar-refractivity contribution is 5.86. The second kappa shape index (κ2) is 3.12. The molecular weight excluding hydrogens is 182 g/mol. The van der Waals surface area contributed by atoms with Crippen molar-refractivity contribution < 1.29 is 18.7 Å². The maximum atomic E-state index is 12.4. The van der Waals surface area contributed by atoms with Crippen molar-refractivity contribution in [2.45, 2.75) is 19.4 Å². The Bertz CT molecular complexity index is 317. The van der Waals surface area contributed by atoms with E-state index in [9.17, 15) is 13.6 Å². The van der Waals surface area contributed by atoms with E-state index in [1.165, 1.54) is 0 Å². The zero-order valence-corrected chi connectivity index (χ0v) is 6.87. The molecule has 0 aliphatic carbocycles. The van der Waals surface area contributed by atoms with Crippen LogP contribution in [-0.4, -0.2) is 26.8 Å². The molecule has 0 amide bonds. The number of alkyl halides is 2. The van der Waals surface area contributed by atoms with E-state index in [-0.39, 0.29) is 5.56 Å². The lowest BCUT2D eigenvalue weighted by Gasteiger charge is -2.08. The first-order valence-corrected chi connectivity index (χ1v) is 3.52. The Morgan fingerprint density at radius 3 is 2.77 bits per heavy atom. The molecule has 0 saturated heterocycles. The second-order valence-corrected chi connectivity index (χ2v) is 2.80. The highest BCUT2D eigenvalue weighted by Crippen LogP contribution is 2.14. The standard InChI is InChI=1S/C7H8F2N2O2/c1-7(8,9)4-11-3-5(2-10-11)6(12)13/h2-3H,4H2,1H3,(H,12,13). The molecule has 0 saturated carbocycles. The maximum absolute atomic E-state index is 12.4. The Morgan fingerprint density at radius 2 is 2.38 bits per heavy atom. The fourth-order valence-electron chi connectivity index (χ4n) is 0.845. The molecule has 1 heterocycles. The lowest BCUT2D eigenvalue weighted by Crippen LogP contribution is -2.19. The van der Waals surface area contributed by atoms with Crippen LogP contribution in [0.25, 0.3) is 0 Å². The summed E-state index contributed by atoms with van der Waals surface area (Å²) in [5.74, 6) is -4.06. The van der Waals surface area contributed by atoms with Crippen LogP contribution in [0.5, 0.6) is 0 Å². The second-order valence-electron chi connectivity index (χ2n) is 2.80. The van der Waals surface area contributed by atoms with Crippen molar-refractivity contribution in [3.8, 4) is 0 Å². The van der Waals surface area contributed by atoms with Crippen LogP contribution in [0.3, 0.4) is 0 Å². The third-order valence-corrected chi connectivity index (χ3v) is 1.32. The van der Waals surface area contributed by atoms with Crippen molar-refractivity contribution in [2.75, 3.05) is 0 Å². The summed E-state index contributed by atoms with van der Waals surface area (Å²) < 4.78 is 25.7. The van der Waals surface area contributed by atoms with E-state index < -0.39 is 18.4 Å². The van der Waals surface area contributed by atoms with E-state index in [0.29, 0.717) is 0 Å². The van der Waals surface area contributed by atoms with Crippen LogP contribution in [0.2, 0.25) is 0 Å². The highest BCUT2D eigenvalue weighted by atomic mass is 19.3. The van der Waals surface area contributed by atoms with Crippen LogP contribution >= 0.6 is 0 Å². The molecule has 0 radical (unpaired) electrons. The number of aromatic carboxylic acids is 1. The fraction of sp³-hybridized carbons (Fsp3) is 0.429. The highest BCUT2D eigenvalue weighted by Gasteiger charge is 2.22. The summed E-state index contributed by atoms with van der Waals surface area (Å²) in [5, 5.41) is 11.9. The molecule has 1 aromatic heterocycles. The molecule has 0 unspecified atom stereocenters. The van der Waals surface area contributed by atoms with Crippen molar-refractivity contribution in [2.24, 2.45) is 0 Å². The van der Waals surface area contributed by atoms with Gasteiger partial charge in [0.2, 0.25) is 0 Å². The normalized spacial score (nSPS) is 11.6. The lowest BCUT2D eigenvalue weighted by molar-refractivity contribution is 0.000515. The molecule has 4 nitrogen and oxygen atoms in total. The maximum Gasteiger partial charge on any atom is 0.338 e. The summed E-state index contributed by atoms with van der Waals surface area (Å²) in [5.41, 5.74) is -0.0933. The van der Waals surface area contributed by atoms with Gasteiger partial charge in [0.25, 0.3) is 5.92 Å². The van der Waals surface area contributed by atoms with Gasteiger partial charge in [0.15, 0.2) is 0 Å². The Labute approximate surface area is 72.8 Å². The minimum atomic E-state index is -2.89. The van der Waals surface area contributed by atoms with Crippen molar-refractivity contribution in [3.05, 3.63) is 18.0 Å². The van der Waals surface area contributed by atoms with E-state index in [2.05, 4.69) is 5.10 Å². The van der Waals surface area contributed by atoms with Crippen LogP contribution in [0.15, 0.2) is 12.4 Å². The van der Waals surface area contributed by atoms with Gasteiger partial charge in [0.05, 0.1) is 11.8 Å². The minimum Gasteiger partial charge on any atom is -0.478 e. The number of hydrogen-bond acceptors (Lipinski definition) is 2. The molecule has 0 aliphatic rings. The zero-order valence-electron chi connectivity index (χ0n) is 6.87. The third-order valence-electron chi connectivity index (χ3n) is 1.32. The average molecular weight is 190 g/mol. The van der Waals surface area contributed by atoms with Crippen molar-refractivity contribution in [1.82, 2.24) is 9.78 Å². The first-order chi connectivity index (χ1) is 5.88. The summed E-state index contributed by atoms with van der Waals surface area (Å²) in [4.78, 5) is 10.3. The topological polar surface area (TPSA) is 55.1 Å². The molecule has 0 aromatic carbocycles. The Hall–Kier alpha value is -1.46. The van der Waals surface area contributed by atoms with Gasteiger partial charge in [-0.05, 0) is 0 Å². The summed E-state index contributed by atoms with van der Waals surface area (Å²) in [6.45, 7) is 0.134. The number of carboxylic acid groups (broad SMARTS) is 1. The predicted octanol–water partition coefficient (Wildman–Crippen LogP) is 1.24. The molecular formula is C7H8F2N2O2. The number of rotatable bonds is 3. The van der Waals surface area contributed by atoms with Gasteiger partial charge >= 0.3 is 5.97 Å². The van der Waals surface area contributed by atoms with Gasteiger partial charge in [-0.3, -0.25) is 4.68 Å². The molecule has 0 atom stereocenters. The Kier molecular flexibility index (Phi) is 2.31. The Morgan fingerprint density at radius 1 is 1.77 bits per heavy atom. The fourth-order valence-corrected chi connectivity index (χ4v) is 0.845. The SMILES string of the molecule is CC(F)(F)Cn1cc(C(=O)O)cn1. The predicted molar refractivity (Wildman–Crippen MR) is 39.8 cm³/mol. The molecule has 1 N–H and O–H groups in total. The zero-order chi connectivity index (χ0) is 10.1. The Balaban J connectivity index is 2.75. The van der Waals surface area contributed by atoms with Gasteiger partial charge in [0.1, 0.15) is 6.54 Å². The molecule has 13 heavy (non-hydrogen) atoms. The van der Waals surface area contributed by atoms with Crippen LogP contribution in [-0.2, 0) is 6.54 Å². The van der Waals surface area contributed by atoms with Crippen molar-refractivity contribution >= 4 is 5.97 Å². The third kappa shape index (κ3) is 2.81. The van der Waals surface area contributed by atoms with Gasteiger partial charge in [-0.2, -0.15) is 5.10 Å². The largest absolute Gasteiger partial charge is 0.478 e. The molecule has 1 rings (SSSR count). The van der Waals surface area contributed by atoms with Gasteiger partial charge in [-0.1, -0.05) is 0 Å². The number of hydrogen-bond donors (Lipinski definition) is 1. The average Bonchev–Trinajstić information content (AvgIpc) is 2.31. The molecule has 0 fully saturated rings. The van der Waals surface area contributed by atoms with Crippen molar-refractivity contribution in [1.29, 1.82) is 0 Å². The monoisotopic (exact) mass is 190 g/mol. The molecule has 0 aliphatic heterocycles. The van der Waals surface area contributed by atoms with Gasteiger partial charge in [-0.25, -0.2) is 13.6 Å². The molecule has 1 aromatic rings. The van der Waals surface area contributed by atoms with Gasteiger partial charge < -0.3 is 5.11 Å². The first-order valence-electron chi connectivity index (χ1n) is 3.52. The number of carbonyl (C=O) groups is 1. The van der Waals surface area contributed by atoms with Gasteiger partial charge in [0, 0.05) is 13.1 Å². The lowest BCUT2D eigenvalue weighted by atomic mass is 10.3. The summed E-state index contributed by atoms with van der Waals surface area (Å²) in [6.07, 6.45) is 2.10. The number of nitrogens with zero attached hydrogens (tertiary/aromatic N) is 2. The number of halogens is 2. The first kappa shape index (κ1) is 9.63. The minimum absolute atomic E-state index is 0.0933. The summed E-state index contributed by atoms with van der Waals surface area (Å²) in [6, 6.07) is 0. The van der Waals surface area contributed by atoms with E-state index in [0.717, 1.165) is 24.0 Å². The molecule has 72 valence electrons. The molecule has 6 heteroatoms. The summed E-state index contributed by atoms with van der Waals surface area (Å²) >= 11 is 0. The smallest absolute Gasteiger partial charge is 0.338 e. The van der Waals surface area contributed by atoms with Crippen LogP contribution in [0.1, 0.15) is 17.3 Å². The van der Waals surface area contributed by atoms with E-state index in [1.54, 1.807) is 0 Å². The van der Waals surface area contributed by atoms with Gasteiger partial charge in [-0.15, -0.1) is 0 Å². The quantitative estimate of drug-likeness (QED) is 0.780. The van der Waals surface area contributed by atoms with Crippen LogP contribution < -0.4 is 0 Å². The number of carboxylic acids is 1. The molecule has 0 spiro atoms.